The van der Waals surface area contributed by atoms with Gasteiger partial charge >= 0.3 is 6.09 Å². The van der Waals surface area contributed by atoms with Crippen molar-refractivity contribution < 1.29 is 14.3 Å². The second-order valence-electron chi connectivity index (χ2n) is 3.11. The fraction of sp³-hybridized carbons (Fsp3) is 0.667. The first-order valence-corrected chi connectivity index (χ1v) is 4.28. The molecule has 0 aliphatic carbocycles. The first-order chi connectivity index (χ1) is 6.52. The number of rotatable bonds is 4. The normalized spacial score (nSPS) is 11.6. The Bertz CT molecular complexity index is 255. The van der Waals surface area contributed by atoms with Crippen LogP contribution in [-0.4, -0.2) is 25.0 Å². The highest BCUT2D eigenvalue weighted by atomic mass is 16.5. The third-order valence-electron chi connectivity index (χ3n) is 1.69. The number of hydrogen-bond acceptors (Lipinski definition) is 4. The number of ether oxygens (including phenoxy) is 1. The van der Waals surface area contributed by atoms with Crippen LogP contribution in [0.4, 0.5) is 4.79 Å². The lowest BCUT2D eigenvalue weighted by Gasteiger charge is -2.15. The number of nitrogens with one attached hydrogen (secondary N) is 1. The highest BCUT2D eigenvalue weighted by Gasteiger charge is 2.22. The molecule has 0 fully saturated rings. The van der Waals surface area contributed by atoms with Gasteiger partial charge in [-0.25, -0.2) is 4.79 Å². The van der Waals surface area contributed by atoms with Crippen LogP contribution in [0.25, 0.3) is 0 Å². The van der Waals surface area contributed by atoms with Crippen molar-refractivity contribution in [3.63, 3.8) is 0 Å². The average Bonchev–Trinajstić information content (AvgIpc) is 2.15. The zero-order chi connectivity index (χ0) is 11.1. The van der Waals surface area contributed by atoms with Gasteiger partial charge in [-0.3, -0.25) is 4.79 Å². The standard InChI is InChI=1S/C9H14N2O3/c1-6(2)8(12)7(4-5-10)11-9(13)14-3/h6-7H,4H2,1-3H3,(H,11,13)/t7-/m0/s1. The lowest BCUT2D eigenvalue weighted by molar-refractivity contribution is -0.123. The van der Waals surface area contributed by atoms with Crippen LogP contribution in [0.15, 0.2) is 0 Å². The molecule has 14 heavy (non-hydrogen) atoms. The summed E-state index contributed by atoms with van der Waals surface area (Å²) in [5, 5.41) is 10.8. The Morgan fingerprint density at radius 2 is 2.07 bits per heavy atom. The quantitative estimate of drug-likeness (QED) is 0.726. The number of ketones is 1. The van der Waals surface area contributed by atoms with Crippen LogP contribution in [-0.2, 0) is 9.53 Å². The van der Waals surface area contributed by atoms with Crippen LogP contribution in [0.3, 0.4) is 0 Å². The monoisotopic (exact) mass is 198 g/mol. The van der Waals surface area contributed by atoms with Gasteiger partial charge in [0.2, 0.25) is 0 Å². The molecule has 5 heteroatoms. The molecule has 0 rings (SSSR count). The molecular weight excluding hydrogens is 184 g/mol. The number of carbonyl (C=O) groups excluding carboxylic acids is 2. The summed E-state index contributed by atoms with van der Waals surface area (Å²) in [7, 11) is 1.21. The molecule has 0 saturated carbocycles. The topological polar surface area (TPSA) is 79.2 Å². The van der Waals surface area contributed by atoms with Crippen LogP contribution in [0, 0.1) is 17.2 Å². The minimum Gasteiger partial charge on any atom is -0.453 e. The van der Waals surface area contributed by atoms with Gasteiger partial charge in [0, 0.05) is 5.92 Å². The predicted octanol–water partition coefficient (Wildman–Crippen LogP) is 0.850. The number of nitriles is 1. The third kappa shape index (κ3) is 3.90. The molecule has 1 atom stereocenters. The predicted molar refractivity (Wildman–Crippen MR) is 49.4 cm³/mol. The minimum atomic E-state index is -0.771. The van der Waals surface area contributed by atoms with Crippen LogP contribution in [0.2, 0.25) is 0 Å². The zero-order valence-electron chi connectivity index (χ0n) is 8.53. The molecular formula is C9H14N2O3. The average molecular weight is 198 g/mol. The van der Waals surface area contributed by atoms with Crippen molar-refractivity contribution in [1.82, 2.24) is 5.32 Å². The van der Waals surface area contributed by atoms with Gasteiger partial charge in [0.05, 0.1) is 19.6 Å². The van der Waals surface area contributed by atoms with Crippen molar-refractivity contribution in [2.75, 3.05) is 7.11 Å². The molecule has 0 bridgehead atoms. The minimum absolute atomic E-state index is 0.0356. The van der Waals surface area contributed by atoms with E-state index < -0.39 is 12.1 Å². The molecule has 0 heterocycles. The molecule has 78 valence electrons. The largest absolute Gasteiger partial charge is 0.453 e. The number of hydrogen-bond donors (Lipinski definition) is 1. The second-order valence-corrected chi connectivity index (χ2v) is 3.11. The number of Topliss-reactive ketones (excluding diaryl/α,β-unsaturated/α-hetero) is 1. The number of alkyl carbamates (subject to hydrolysis) is 1. The second kappa shape index (κ2) is 5.97. The lowest BCUT2D eigenvalue weighted by atomic mass is 10.00. The van der Waals surface area contributed by atoms with Crippen molar-refractivity contribution in [2.24, 2.45) is 5.92 Å². The van der Waals surface area contributed by atoms with E-state index in [4.69, 9.17) is 5.26 Å². The first-order valence-electron chi connectivity index (χ1n) is 4.28. The van der Waals surface area contributed by atoms with Crippen LogP contribution >= 0.6 is 0 Å². The zero-order valence-corrected chi connectivity index (χ0v) is 8.53. The van der Waals surface area contributed by atoms with E-state index in [9.17, 15) is 9.59 Å². The van der Waals surface area contributed by atoms with E-state index >= 15 is 0 Å². The maximum absolute atomic E-state index is 11.5. The molecule has 0 saturated heterocycles. The van der Waals surface area contributed by atoms with Crippen LogP contribution in [0.5, 0.6) is 0 Å². The Balaban J connectivity index is 4.37. The molecule has 5 nitrogen and oxygen atoms in total. The summed E-state index contributed by atoms with van der Waals surface area (Å²) in [5.74, 6) is -0.387. The Labute approximate surface area is 83.0 Å². The summed E-state index contributed by atoms with van der Waals surface area (Å²) < 4.78 is 4.35. The van der Waals surface area contributed by atoms with Gasteiger partial charge in [0.15, 0.2) is 5.78 Å². The van der Waals surface area contributed by atoms with Gasteiger partial charge in [-0.2, -0.15) is 5.26 Å². The van der Waals surface area contributed by atoms with Crippen molar-refractivity contribution in [1.29, 1.82) is 5.26 Å². The van der Waals surface area contributed by atoms with Crippen molar-refractivity contribution in [3.8, 4) is 6.07 Å². The molecule has 0 aliphatic heterocycles. The Hall–Kier alpha value is -1.57. The van der Waals surface area contributed by atoms with E-state index in [1.165, 1.54) is 7.11 Å². The summed E-state index contributed by atoms with van der Waals surface area (Å²) in [6, 6.07) is 1.07. The summed E-state index contributed by atoms with van der Waals surface area (Å²) in [4.78, 5) is 22.3. The highest BCUT2D eigenvalue weighted by molar-refractivity contribution is 5.88. The summed E-state index contributed by atoms with van der Waals surface area (Å²) >= 11 is 0. The SMILES string of the molecule is COC(=O)N[C@@H](CC#N)C(=O)C(C)C. The summed E-state index contributed by atoms with van der Waals surface area (Å²) in [5.41, 5.74) is 0. The first kappa shape index (κ1) is 12.4. The molecule has 0 aromatic carbocycles. The van der Waals surface area contributed by atoms with E-state index in [0.717, 1.165) is 0 Å². The Morgan fingerprint density at radius 1 is 1.50 bits per heavy atom. The summed E-state index contributed by atoms with van der Waals surface area (Å²) in [6.45, 7) is 3.43. The van der Waals surface area contributed by atoms with E-state index in [-0.39, 0.29) is 18.1 Å². The molecule has 0 spiro atoms. The number of amides is 1. The molecule has 0 aromatic heterocycles. The highest BCUT2D eigenvalue weighted by Crippen LogP contribution is 2.03. The van der Waals surface area contributed by atoms with Crippen molar-refractivity contribution in [3.05, 3.63) is 0 Å². The number of methoxy groups -OCH3 is 1. The Morgan fingerprint density at radius 3 is 2.43 bits per heavy atom. The van der Waals surface area contributed by atoms with Crippen LogP contribution in [0.1, 0.15) is 20.3 Å². The van der Waals surface area contributed by atoms with Gasteiger partial charge in [0.25, 0.3) is 0 Å². The molecule has 0 aliphatic rings. The van der Waals surface area contributed by atoms with Crippen LogP contribution < -0.4 is 5.32 Å². The van der Waals surface area contributed by atoms with Gasteiger partial charge in [-0.05, 0) is 0 Å². The van der Waals surface area contributed by atoms with Gasteiger partial charge in [-0.1, -0.05) is 13.8 Å². The van der Waals surface area contributed by atoms with Gasteiger partial charge < -0.3 is 10.1 Å². The molecule has 0 unspecified atom stereocenters. The molecule has 1 amide bonds. The van der Waals surface area contributed by atoms with E-state index in [1.807, 2.05) is 6.07 Å². The smallest absolute Gasteiger partial charge is 0.407 e. The maximum Gasteiger partial charge on any atom is 0.407 e. The van der Waals surface area contributed by atoms with E-state index in [1.54, 1.807) is 13.8 Å². The van der Waals surface area contributed by atoms with Crippen molar-refractivity contribution in [2.45, 2.75) is 26.3 Å². The fourth-order valence-corrected chi connectivity index (χ4v) is 0.918. The van der Waals surface area contributed by atoms with E-state index in [2.05, 4.69) is 10.1 Å². The summed E-state index contributed by atoms with van der Waals surface area (Å²) in [6.07, 6.45) is -0.731. The Kier molecular flexibility index (Phi) is 5.30. The van der Waals surface area contributed by atoms with Gasteiger partial charge in [0.1, 0.15) is 6.04 Å². The maximum atomic E-state index is 11.5. The van der Waals surface area contributed by atoms with Crippen molar-refractivity contribution >= 4 is 11.9 Å². The molecule has 0 aromatic rings. The third-order valence-corrected chi connectivity index (χ3v) is 1.69. The lowest BCUT2D eigenvalue weighted by Crippen LogP contribution is -2.42. The number of nitrogens with zero attached hydrogens (tertiary/aromatic N) is 1. The van der Waals surface area contributed by atoms with Gasteiger partial charge in [-0.15, -0.1) is 0 Å². The van der Waals surface area contributed by atoms with E-state index in [0.29, 0.717) is 0 Å². The molecule has 0 radical (unpaired) electrons. The number of carbonyl (C=O) groups is 2. The fourth-order valence-electron chi connectivity index (χ4n) is 0.918. The molecule has 1 N–H and O–H groups in total.